The molecule has 0 heterocycles. The first-order valence-corrected chi connectivity index (χ1v) is 7.11. The molecular formula is C14H23N5O3. The smallest absolute Gasteiger partial charge is 0.319 e. The van der Waals surface area contributed by atoms with E-state index in [1.807, 2.05) is 0 Å². The maximum Gasteiger partial charge on any atom is 0.319 e. The number of carbonyl (C=O) groups is 2. The van der Waals surface area contributed by atoms with Crippen molar-refractivity contribution in [1.82, 2.24) is 10.8 Å². The van der Waals surface area contributed by atoms with Crippen molar-refractivity contribution in [2.24, 2.45) is 11.5 Å². The number of nitrogens with two attached hydrogens (primary N) is 2. The van der Waals surface area contributed by atoms with Gasteiger partial charge in [-0.25, -0.2) is 10.3 Å². The molecule has 1 rings (SSSR count). The molecule has 8 nitrogen and oxygen atoms in total. The van der Waals surface area contributed by atoms with Crippen LogP contribution in [0.1, 0.15) is 24.8 Å². The molecule has 0 bridgehead atoms. The van der Waals surface area contributed by atoms with Crippen molar-refractivity contribution in [3.05, 3.63) is 29.8 Å². The Labute approximate surface area is 129 Å². The maximum absolute atomic E-state index is 11.9. The summed E-state index contributed by atoms with van der Waals surface area (Å²) in [4.78, 5) is 23.4. The molecule has 8 heteroatoms. The molecule has 0 spiro atoms. The lowest BCUT2D eigenvalue weighted by atomic mass is 10.1. The van der Waals surface area contributed by atoms with E-state index in [-0.39, 0.29) is 0 Å². The summed E-state index contributed by atoms with van der Waals surface area (Å²) < 4.78 is 0. The van der Waals surface area contributed by atoms with Crippen molar-refractivity contribution >= 4 is 17.6 Å². The first kappa shape index (κ1) is 17.9. The van der Waals surface area contributed by atoms with E-state index in [4.69, 9.17) is 16.7 Å². The molecule has 8 N–H and O–H groups in total. The normalized spacial score (nSPS) is 11.6. The highest BCUT2D eigenvalue weighted by Crippen LogP contribution is 2.09. The number of urea groups is 1. The summed E-state index contributed by atoms with van der Waals surface area (Å²) in [6, 6.07) is 5.69. The van der Waals surface area contributed by atoms with E-state index in [1.165, 1.54) is 0 Å². The highest BCUT2D eigenvalue weighted by Gasteiger charge is 2.19. The number of rotatable bonds is 8. The third kappa shape index (κ3) is 6.08. The Balaban J connectivity index is 2.55. The van der Waals surface area contributed by atoms with E-state index in [2.05, 4.69) is 10.6 Å². The molecule has 0 aliphatic heterocycles. The minimum atomic E-state index is -0.820. The number of hydrogen-bond acceptors (Lipinski definition) is 5. The van der Waals surface area contributed by atoms with Crippen LogP contribution in [0, 0.1) is 0 Å². The number of benzene rings is 1. The average Bonchev–Trinajstić information content (AvgIpc) is 2.54. The van der Waals surface area contributed by atoms with Gasteiger partial charge < -0.3 is 22.1 Å². The number of nitrogens with one attached hydrogen (secondary N) is 3. The molecule has 0 fully saturated rings. The van der Waals surface area contributed by atoms with Crippen LogP contribution in [0.25, 0.3) is 0 Å². The van der Waals surface area contributed by atoms with E-state index in [1.54, 1.807) is 29.7 Å². The Morgan fingerprint density at radius 3 is 2.36 bits per heavy atom. The van der Waals surface area contributed by atoms with E-state index >= 15 is 0 Å². The van der Waals surface area contributed by atoms with Crippen LogP contribution >= 0.6 is 0 Å². The van der Waals surface area contributed by atoms with Crippen molar-refractivity contribution in [3.63, 3.8) is 0 Å². The summed E-state index contributed by atoms with van der Waals surface area (Å²) in [5.74, 6) is -0.661. The summed E-state index contributed by atoms with van der Waals surface area (Å²) in [6.07, 6.45) is 1.79. The molecule has 3 amide bonds. The van der Waals surface area contributed by atoms with E-state index in [9.17, 15) is 9.59 Å². The second-order valence-electron chi connectivity index (χ2n) is 4.81. The first-order chi connectivity index (χ1) is 10.6. The van der Waals surface area contributed by atoms with Crippen LogP contribution in [0.5, 0.6) is 0 Å². The monoisotopic (exact) mass is 309 g/mol. The predicted molar refractivity (Wildman–Crippen MR) is 83.1 cm³/mol. The standard InChI is InChI=1S/C14H23N5O3/c15-8-2-1-3-12(13(20)19-22)18-14(21)17-11-6-4-10(9-16)5-7-11/h4-7,12,22H,1-3,8-9,15-16H2,(H,19,20)(H2,17,18,21). The van der Waals surface area contributed by atoms with Crippen LogP contribution < -0.4 is 27.6 Å². The topological polar surface area (TPSA) is 142 Å². The van der Waals surface area contributed by atoms with Gasteiger partial charge in [0.2, 0.25) is 0 Å². The minimum Gasteiger partial charge on any atom is -0.330 e. The van der Waals surface area contributed by atoms with Crippen LogP contribution in [0.3, 0.4) is 0 Å². The lowest BCUT2D eigenvalue weighted by Crippen LogP contribution is -2.47. The third-order valence-electron chi connectivity index (χ3n) is 3.13. The molecule has 22 heavy (non-hydrogen) atoms. The highest BCUT2D eigenvalue weighted by molar-refractivity contribution is 5.93. The molecular weight excluding hydrogens is 286 g/mol. The van der Waals surface area contributed by atoms with Crippen LogP contribution in [0.15, 0.2) is 24.3 Å². The Morgan fingerprint density at radius 2 is 1.82 bits per heavy atom. The summed E-state index contributed by atoms with van der Waals surface area (Å²) >= 11 is 0. The van der Waals surface area contributed by atoms with Gasteiger partial charge in [-0.2, -0.15) is 0 Å². The number of hydroxylamine groups is 1. The van der Waals surface area contributed by atoms with E-state index < -0.39 is 18.0 Å². The van der Waals surface area contributed by atoms with E-state index in [0.29, 0.717) is 31.6 Å². The molecule has 0 saturated carbocycles. The van der Waals surface area contributed by atoms with Gasteiger partial charge in [0.05, 0.1) is 0 Å². The van der Waals surface area contributed by atoms with Gasteiger partial charge in [-0.3, -0.25) is 10.0 Å². The third-order valence-corrected chi connectivity index (χ3v) is 3.13. The average molecular weight is 309 g/mol. The number of hydrogen-bond donors (Lipinski definition) is 6. The van der Waals surface area contributed by atoms with Gasteiger partial charge in [0.1, 0.15) is 6.04 Å². The Hall–Kier alpha value is -2.16. The Bertz CT molecular complexity index is 478. The van der Waals surface area contributed by atoms with Crippen molar-refractivity contribution in [1.29, 1.82) is 0 Å². The van der Waals surface area contributed by atoms with Gasteiger partial charge in [0, 0.05) is 12.2 Å². The largest absolute Gasteiger partial charge is 0.330 e. The fourth-order valence-electron chi connectivity index (χ4n) is 1.89. The van der Waals surface area contributed by atoms with Crippen LogP contribution in [0.2, 0.25) is 0 Å². The molecule has 1 unspecified atom stereocenters. The van der Waals surface area contributed by atoms with Gasteiger partial charge in [0.15, 0.2) is 0 Å². The summed E-state index contributed by atoms with van der Waals surface area (Å²) in [7, 11) is 0. The summed E-state index contributed by atoms with van der Waals surface area (Å²) in [6.45, 7) is 0.930. The fraction of sp³-hybridized carbons (Fsp3) is 0.429. The quantitative estimate of drug-likeness (QED) is 0.232. The lowest BCUT2D eigenvalue weighted by Gasteiger charge is -2.17. The minimum absolute atomic E-state index is 0.392. The van der Waals surface area contributed by atoms with Crippen LogP contribution in [-0.2, 0) is 11.3 Å². The second-order valence-corrected chi connectivity index (χ2v) is 4.81. The van der Waals surface area contributed by atoms with Crippen molar-refractivity contribution < 1.29 is 14.8 Å². The molecule has 0 aliphatic carbocycles. The van der Waals surface area contributed by atoms with Crippen molar-refractivity contribution in [3.8, 4) is 0 Å². The Kier molecular flexibility index (Phi) is 7.90. The lowest BCUT2D eigenvalue weighted by molar-refractivity contribution is -0.131. The number of amides is 3. The first-order valence-electron chi connectivity index (χ1n) is 7.11. The molecule has 1 aromatic carbocycles. The second kappa shape index (κ2) is 9.72. The number of carbonyl (C=O) groups excluding carboxylic acids is 2. The Morgan fingerprint density at radius 1 is 1.14 bits per heavy atom. The van der Waals surface area contributed by atoms with E-state index in [0.717, 1.165) is 12.0 Å². The summed E-state index contributed by atoms with van der Waals surface area (Å²) in [5.41, 5.74) is 14.0. The van der Waals surface area contributed by atoms with Crippen molar-refractivity contribution in [2.45, 2.75) is 31.8 Å². The van der Waals surface area contributed by atoms with Gasteiger partial charge >= 0.3 is 6.03 Å². The molecule has 0 radical (unpaired) electrons. The maximum atomic E-state index is 11.9. The number of unbranched alkanes of at least 4 members (excludes halogenated alkanes) is 1. The van der Waals surface area contributed by atoms with Gasteiger partial charge in [0.25, 0.3) is 5.91 Å². The van der Waals surface area contributed by atoms with Crippen LogP contribution in [0.4, 0.5) is 10.5 Å². The van der Waals surface area contributed by atoms with Crippen molar-refractivity contribution in [2.75, 3.05) is 11.9 Å². The summed E-state index contributed by atoms with van der Waals surface area (Å²) in [5, 5.41) is 13.8. The molecule has 1 atom stereocenters. The molecule has 0 saturated heterocycles. The zero-order chi connectivity index (χ0) is 16.4. The zero-order valence-electron chi connectivity index (χ0n) is 12.3. The molecule has 0 aliphatic rings. The molecule has 0 aromatic heterocycles. The van der Waals surface area contributed by atoms with Gasteiger partial charge in [-0.1, -0.05) is 12.1 Å². The van der Waals surface area contributed by atoms with Crippen LogP contribution in [-0.4, -0.2) is 29.7 Å². The SMILES string of the molecule is NCCCCC(NC(=O)Nc1ccc(CN)cc1)C(=O)NO. The molecule has 1 aromatic rings. The van der Waals surface area contributed by atoms with Gasteiger partial charge in [-0.15, -0.1) is 0 Å². The zero-order valence-corrected chi connectivity index (χ0v) is 12.3. The molecule has 122 valence electrons. The fourth-order valence-corrected chi connectivity index (χ4v) is 1.89. The number of anilines is 1. The highest BCUT2D eigenvalue weighted by atomic mass is 16.5. The predicted octanol–water partition coefficient (Wildman–Crippen LogP) is 0.270. The van der Waals surface area contributed by atoms with Gasteiger partial charge in [-0.05, 0) is 43.5 Å².